The number of anilines is 1. The van der Waals surface area contributed by atoms with Crippen LogP contribution < -0.4 is 11.1 Å². The number of carbonyl (C=O) groups is 1. The zero-order chi connectivity index (χ0) is 24.6. The van der Waals surface area contributed by atoms with Crippen molar-refractivity contribution in [2.75, 3.05) is 25.6 Å². The highest BCUT2D eigenvalue weighted by Gasteiger charge is 2.57. The SMILES string of the molecule is CC12COC([C@@H](NC(=O)c3ccc(-c4ccc(N)cc4)cc3)[C@@H](O)c3ccc(O)cc3)(OC1)OC2. The van der Waals surface area contributed by atoms with Crippen LogP contribution in [0.5, 0.6) is 5.75 Å². The van der Waals surface area contributed by atoms with Gasteiger partial charge in [0.15, 0.2) is 0 Å². The first-order chi connectivity index (χ1) is 16.8. The van der Waals surface area contributed by atoms with E-state index >= 15 is 0 Å². The number of carbonyl (C=O) groups excluding carboxylic acids is 1. The molecule has 3 heterocycles. The molecule has 3 aliphatic heterocycles. The van der Waals surface area contributed by atoms with Crippen molar-refractivity contribution in [2.45, 2.75) is 25.0 Å². The van der Waals surface area contributed by atoms with Gasteiger partial charge in [0.1, 0.15) is 17.9 Å². The van der Waals surface area contributed by atoms with E-state index in [0.717, 1.165) is 11.1 Å². The van der Waals surface area contributed by atoms with Gasteiger partial charge in [-0.15, -0.1) is 0 Å². The highest BCUT2D eigenvalue weighted by Crippen LogP contribution is 2.42. The monoisotopic (exact) mass is 476 g/mol. The summed E-state index contributed by atoms with van der Waals surface area (Å²) in [6.45, 7) is 3.11. The molecule has 0 unspecified atom stereocenters. The zero-order valence-corrected chi connectivity index (χ0v) is 19.3. The van der Waals surface area contributed by atoms with Crippen molar-refractivity contribution in [2.24, 2.45) is 5.41 Å². The summed E-state index contributed by atoms with van der Waals surface area (Å²) in [6, 6.07) is 19.6. The van der Waals surface area contributed by atoms with Gasteiger partial charge in [0, 0.05) is 16.7 Å². The third kappa shape index (κ3) is 4.61. The Morgan fingerprint density at radius 3 is 1.94 bits per heavy atom. The summed E-state index contributed by atoms with van der Waals surface area (Å²) in [5.41, 5.74) is 8.96. The molecule has 0 aromatic heterocycles. The molecular formula is C27H28N2O6. The summed E-state index contributed by atoms with van der Waals surface area (Å²) in [5.74, 6) is -1.98. The van der Waals surface area contributed by atoms with Crippen LogP contribution in [0.2, 0.25) is 0 Å². The molecule has 8 nitrogen and oxygen atoms in total. The summed E-state index contributed by atoms with van der Waals surface area (Å²) in [7, 11) is 0. The predicted molar refractivity (Wildman–Crippen MR) is 129 cm³/mol. The molecule has 0 saturated carbocycles. The maximum absolute atomic E-state index is 13.3. The molecule has 3 aromatic carbocycles. The Morgan fingerprint density at radius 2 is 1.40 bits per heavy atom. The van der Waals surface area contributed by atoms with Crippen LogP contribution in [0.3, 0.4) is 0 Å². The van der Waals surface area contributed by atoms with E-state index in [1.165, 1.54) is 12.1 Å². The molecule has 3 aromatic rings. The number of hydrogen-bond acceptors (Lipinski definition) is 7. The third-order valence-electron chi connectivity index (χ3n) is 6.47. The molecule has 0 spiro atoms. The molecule has 3 aliphatic rings. The lowest BCUT2D eigenvalue weighted by Gasteiger charge is -2.53. The minimum absolute atomic E-state index is 0.0655. The molecule has 0 radical (unpaired) electrons. The normalized spacial score (nSPS) is 25.1. The van der Waals surface area contributed by atoms with Gasteiger partial charge in [0.25, 0.3) is 5.91 Å². The fraction of sp³-hybridized carbons (Fsp3) is 0.296. The van der Waals surface area contributed by atoms with Crippen molar-refractivity contribution < 1.29 is 29.2 Å². The molecule has 1 amide bonds. The second-order valence-corrected chi connectivity index (χ2v) is 9.47. The first kappa shape index (κ1) is 23.3. The van der Waals surface area contributed by atoms with Gasteiger partial charge in [0.2, 0.25) is 0 Å². The summed E-state index contributed by atoms with van der Waals surface area (Å²) >= 11 is 0. The van der Waals surface area contributed by atoms with E-state index in [1.54, 1.807) is 24.3 Å². The van der Waals surface area contributed by atoms with Gasteiger partial charge in [-0.25, -0.2) is 0 Å². The maximum atomic E-state index is 13.3. The van der Waals surface area contributed by atoms with Crippen molar-refractivity contribution in [1.82, 2.24) is 5.32 Å². The van der Waals surface area contributed by atoms with Crippen LogP contribution in [0.1, 0.15) is 28.9 Å². The minimum Gasteiger partial charge on any atom is -0.508 e. The lowest BCUT2D eigenvalue weighted by molar-refractivity contribution is -0.478. The molecule has 182 valence electrons. The number of aliphatic hydroxyl groups excluding tert-OH is 1. The van der Waals surface area contributed by atoms with Crippen LogP contribution in [-0.2, 0) is 14.2 Å². The van der Waals surface area contributed by atoms with Crippen LogP contribution in [0.25, 0.3) is 11.1 Å². The molecule has 6 rings (SSSR count). The number of phenols is 1. The molecule has 2 atom stereocenters. The Balaban J connectivity index is 1.40. The van der Waals surface area contributed by atoms with Crippen molar-refractivity contribution in [3.63, 3.8) is 0 Å². The number of fused-ring (bicyclic) bond motifs is 3. The van der Waals surface area contributed by atoms with E-state index in [-0.39, 0.29) is 11.2 Å². The number of aliphatic hydroxyl groups is 1. The molecule has 0 aliphatic carbocycles. The van der Waals surface area contributed by atoms with Crippen LogP contribution in [-0.4, -0.2) is 48.0 Å². The van der Waals surface area contributed by atoms with E-state index in [1.807, 2.05) is 43.3 Å². The summed E-state index contributed by atoms with van der Waals surface area (Å²) < 4.78 is 17.8. The van der Waals surface area contributed by atoms with Gasteiger partial charge in [-0.2, -0.15) is 0 Å². The lowest BCUT2D eigenvalue weighted by atomic mass is 9.89. The van der Waals surface area contributed by atoms with Crippen LogP contribution in [0, 0.1) is 5.41 Å². The number of benzene rings is 3. The Morgan fingerprint density at radius 1 is 0.886 bits per heavy atom. The average molecular weight is 477 g/mol. The van der Waals surface area contributed by atoms with Crippen LogP contribution >= 0.6 is 0 Å². The molecule has 3 fully saturated rings. The maximum Gasteiger partial charge on any atom is 0.307 e. The van der Waals surface area contributed by atoms with Gasteiger partial charge < -0.3 is 35.5 Å². The second-order valence-electron chi connectivity index (χ2n) is 9.47. The van der Waals surface area contributed by atoms with E-state index < -0.39 is 24.0 Å². The minimum atomic E-state index is -1.63. The van der Waals surface area contributed by atoms with Gasteiger partial charge in [-0.05, 0) is 53.1 Å². The Labute approximate surface area is 203 Å². The molecular weight excluding hydrogens is 448 g/mol. The van der Waals surface area contributed by atoms with E-state index in [2.05, 4.69) is 5.32 Å². The highest BCUT2D eigenvalue weighted by atomic mass is 16.9. The lowest BCUT2D eigenvalue weighted by Crippen LogP contribution is -2.68. The van der Waals surface area contributed by atoms with E-state index in [0.29, 0.717) is 36.6 Å². The molecule has 5 N–H and O–H groups in total. The van der Waals surface area contributed by atoms with E-state index in [9.17, 15) is 15.0 Å². The number of nitrogens with one attached hydrogen (secondary N) is 1. The topological polar surface area (TPSA) is 123 Å². The van der Waals surface area contributed by atoms with Crippen molar-refractivity contribution in [3.05, 3.63) is 83.9 Å². The van der Waals surface area contributed by atoms with Crippen molar-refractivity contribution >= 4 is 11.6 Å². The Kier molecular flexibility index (Phi) is 5.98. The van der Waals surface area contributed by atoms with Gasteiger partial charge in [0.05, 0.1) is 19.8 Å². The molecule has 8 heteroatoms. The molecule has 35 heavy (non-hydrogen) atoms. The zero-order valence-electron chi connectivity index (χ0n) is 19.3. The summed E-state index contributed by atoms with van der Waals surface area (Å²) in [5, 5.41) is 23.8. The van der Waals surface area contributed by atoms with Gasteiger partial charge in [-0.1, -0.05) is 43.3 Å². The van der Waals surface area contributed by atoms with Crippen molar-refractivity contribution in [3.8, 4) is 16.9 Å². The van der Waals surface area contributed by atoms with Crippen LogP contribution in [0.15, 0.2) is 72.8 Å². The molecule has 2 bridgehead atoms. The Bertz CT molecular complexity index is 1170. The number of amides is 1. The fourth-order valence-electron chi connectivity index (χ4n) is 4.28. The first-order valence-corrected chi connectivity index (χ1v) is 11.4. The summed E-state index contributed by atoms with van der Waals surface area (Å²) in [4.78, 5) is 13.3. The second kappa shape index (κ2) is 8.98. The number of ether oxygens (including phenoxy) is 3. The van der Waals surface area contributed by atoms with Gasteiger partial charge >= 0.3 is 5.97 Å². The average Bonchev–Trinajstić information content (AvgIpc) is 2.88. The smallest absolute Gasteiger partial charge is 0.307 e. The Hall–Kier alpha value is -3.43. The standard InChI is InChI=1S/C27H28N2O6/c1-26-14-33-27(34-15-26,35-16-26)24(23(31)19-8-12-22(30)13-9-19)29-25(32)20-4-2-17(3-5-20)18-6-10-21(28)11-7-18/h2-13,23-24,30-31H,14-16,28H2,1H3,(H,29,32)/t23-,24-,26?,27?/m0/s1. The largest absolute Gasteiger partial charge is 0.508 e. The van der Waals surface area contributed by atoms with Crippen molar-refractivity contribution in [1.29, 1.82) is 0 Å². The molecule has 3 saturated heterocycles. The number of nitrogen functional groups attached to an aromatic ring is 1. The van der Waals surface area contributed by atoms with Gasteiger partial charge in [-0.3, -0.25) is 4.79 Å². The van der Waals surface area contributed by atoms with E-state index in [4.69, 9.17) is 19.9 Å². The van der Waals surface area contributed by atoms with Crippen LogP contribution in [0.4, 0.5) is 5.69 Å². The summed E-state index contributed by atoms with van der Waals surface area (Å²) in [6.07, 6.45) is -1.23. The quantitative estimate of drug-likeness (QED) is 0.403. The number of aromatic hydroxyl groups is 1. The number of nitrogens with two attached hydrogens (primary N) is 1. The predicted octanol–water partition coefficient (Wildman–Crippen LogP) is 3.21. The first-order valence-electron chi connectivity index (χ1n) is 11.4. The number of hydrogen-bond donors (Lipinski definition) is 4. The number of phenolic OH excluding ortho intramolecular Hbond substituents is 1. The highest BCUT2D eigenvalue weighted by molar-refractivity contribution is 5.95. The third-order valence-corrected chi connectivity index (χ3v) is 6.47. The fourth-order valence-corrected chi connectivity index (χ4v) is 4.28. The number of rotatable bonds is 6.